The van der Waals surface area contributed by atoms with Gasteiger partial charge in [0.15, 0.2) is 11.2 Å². The lowest BCUT2D eigenvalue weighted by Gasteiger charge is -2.22. The Labute approximate surface area is 128 Å². The Morgan fingerprint density at radius 1 is 1.32 bits per heavy atom. The molecule has 0 fully saturated rings. The van der Waals surface area contributed by atoms with Crippen LogP contribution < -0.4 is 11.3 Å². The summed E-state index contributed by atoms with van der Waals surface area (Å²) in [6, 6.07) is 0. The topological polar surface area (TPSA) is 108 Å². The molecule has 0 aliphatic heterocycles. The van der Waals surface area contributed by atoms with Crippen molar-refractivity contribution in [2.75, 3.05) is 12.3 Å². The number of nitrogens with zero attached hydrogens (tertiary/aromatic N) is 3. The Morgan fingerprint density at radius 2 is 2.05 bits per heavy atom. The van der Waals surface area contributed by atoms with Crippen molar-refractivity contribution >= 4 is 17.1 Å². The van der Waals surface area contributed by atoms with E-state index in [1.165, 1.54) is 0 Å². The predicted octanol–water partition coefficient (Wildman–Crippen LogP) is 0.920. The summed E-state index contributed by atoms with van der Waals surface area (Å²) in [5.74, 6) is 0.0685. The molecule has 0 amide bonds. The lowest BCUT2D eigenvalue weighted by Crippen LogP contribution is -2.29. The molecule has 2 rings (SSSR count). The molecule has 8 nitrogen and oxygen atoms in total. The number of fused-ring (bicyclic) bond motifs is 1. The monoisotopic (exact) mass is 309 g/mol. The first-order valence-electron chi connectivity index (χ1n) is 7.34. The third kappa shape index (κ3) is 4.05. The maximum absolute atomic E-state index is 11.8. The van der Waals surface area contributed by atoms with Gasteiger partial charge in [-0.25, -0.2) is 4.98 Å². The third-order valence-corrected chi connectivity index (χ3v) is 2.97. The number of rotatable bonds is 7. The summed E-state index contributed by atoms with van der Waals surface area (Å²) in [4.78, 5) is 22.5. The number of nitrogens with two attached hydrogens (primary N) is 1. The van der Waals surface area contributed by atoms with Gasteiger partial charge in [-0.15, -0.1) is 0 Å². The fraction of sp³-hybridized carbons (Fsp3) is 0.643. The van der Waals surface area contributed by atoms with E-state index in [9.17, 15) is 4.79 Å². The average Bonchev–Trinajstić information content (AvgIpc) is 2.78. The predicted molar refractivity (Wildman–Crippen MR) is 83.7 cm³/mol. The fourth-order valence-electron chi connectivity index (χ4n) is 2.14. The van der Waals surface area contributed by atoms with E-state index in [0.717, 1.165) is 0 Å². The van der Waals surface area contributed by atoms with E-state index in [0.29, 0.717) is 18.8 Å². The number of aromatic amines is 1. The second kappa shape index (κ2) is 6.89. The van der Waals surface area contributed by atoms with Gasteiger partial charge in [-0.05, 0) is 27.7 Å². The number of H-pyrrole nitrogens is 1. The van der Waals surface area contributed by atoms with Gasteiger partial charge in [-0.1, -0.05) is 0 Å². The Morgan fingerprint density at radius 3 is 2.68 bits per heavy atom. The fourth-order valence-corrected chi connectivity index (χ4v) is 2.14. The second-order valence-electron chi connectivity index (χ2n) is 5.71. The van der Waals surface area contributed by atoms with Gasteiger partial charge < -0.3 is 19.8 Å². The van der Waals surface area contributed by atoms with Crippen LogP contribution in [0.2, 0.25) is 0 Å². The minimum atomic E-state index is -0.346. The lowest BCUT2D eigenvalue weighted by molar-refractivity contribution is -0.0644. The van der Waals surface area contributed by atoms with Crippen LogP contribution in [0.1, 0.15) is 27.7 Å². The first kappa shape index (κ1) is 16.4. The summed E-state index contributed by atoms with van der Waals surface area (Å²) in [5, 5.41) is 0. The van der Waals surface area contributed by atoms with Crippen LogP contribution in [0.3, 0.4) is 0 Å². The highest BCUT2D eigenvalue weighted by atomic mass is 16.5. The zero-order valence-corrected chi connectivity index (χ0v) is 13.4. The summed E-state index contributed by atoms with van der Waals surface area (Å²) >= 11 is 0. The Bertz CT molecular complexity index is 677. The molecule has 0 aromatic carbocycles. The summed E-state index contributed by atoms with van der Waals surface area (Å²) in [6.07, 6.45) is 1.59. The number of imidazole rings is 1. The van der Waals surface area contributed by atoms with E-state index in [1.54, 1.807) is 10.9 Å². The Hall–Kier alpha value is -1.93. The molecule has 0 aliphatic carbocycles. The van der Waals surface area contributed by atoms with Crippen molar-refractivity contribution < 1.29 is 9.47 Å². The van der Waals surface area contributed by atoms with E-state index in [4.69, 9.17) is 15.2 Å². The summed E-state index contributed by atoms with van der Waals surface area (Å²) in [5.41, 5.74) is 5.97. The smallest absolute Gasteiger partial charge is 0.280 e. The first-order valence-corrected chi connectivity index (χ1v) is 7.34. The van der Waals surface area contributed by atoms with E-state index in [2.05, 4.69) is 15.0 Å². The minimum Gasteiger partial charge on any atom is -0.376 e. The van der Waals surface area contributed by atoms with Crippen LogP contribution in [0.5, 0.6) is 0 Å². The Kier molecular flexibility index (Phi) is 5.15. The number of nitrogen functional groups attached to an aromatic ring is 1. The van der Waals surface area contributed by atoms with Crippen molar-refractivity contribution in [3.05, 3.63) is 16.7 Å². The highest BCUT2D eigenvalue weighted by Gasteiger charge is 2.17. The number of nitrogens with one attached hydrogen (secondary N) is 1. The molecule has 2 aromatic heterocycles. The largest absolute Gasteiger partial charge is 0.376 e. The highest BCUT2D eigenvalue weighted by molar-refractivity contribution is 5.70. The van der Waals surface area contributed by atoms with Crippen molar-refractivity contribution in [1.29, 1.82) is 0 Å². The van der Waals surface area contributed by atoms with Crippen molar-refractivity contribution in [3.8, 4) is 0 Å². The minimum absolute atomic E-state index is 0.0666. The van der Waals surface area contributed by atoms with Crippen LogP contribution in [0.25, 0.3) is 11.2 Å². The molecule has 0 bridgehead atoms. The molecular weight excluding hydrogens is 286 g/mol. The third-order valence-electron chi connectivity index (χ3n) is 2.97. The van der Waals surface area contributed by atoms with Gasteiger partial charge >= 0.3 is 0 Å². The summed E-state index contributed by atoms with van der Waals surface area (Å²) < 4.78 is 13.3. The number of anilines is 1. The van der Waals surface area contributed by atoms with Crippen LogP contribution in [-0.4, -0.2) is 44.4 Å². The molecule has 0 saturated heterocycles. The van der Waals surface area contributed by atoms with Crippen LogP contribution in [0, 0.1) is 0 Å². The van der Waals surface area contributed by atoms with Gasteiger partial charge in [-0.3, -0.25) is 9.78 Å². The van der Waals surface area contributed by atoms with Gasteiger partial charge in [0.1, 0.15) is 0 Å². The van der Waals surface area contributed by atoms with Gasteiger partial charge in [0, 0.05) is 0 Å². The van der Waals surface area contributed by atoms with E-state index in [-0.39, 0.29) is 35.3 Å². The number of aromatic nitrogens is 4. The van der Waals surface area contributed by atoms with E-state index < -0.39 is 0 Å². The molecule has 122 valence electrons. The molecule has 0 saturated carbocycles. The standard InChI is InChI=1S/C14H23N5O3/c1-8(2)21-6-10(22-9(3)4)5-19-7-16-11-12(19)17-14(15)18-13(11)20/h7-10H,5-6H2,1-4H3,(H3,15,17,18,20). The average molecular weight is 309 g/mol. The lowest BCUT2D eigenvalue weighted by atomic mass is 10.3. The molecule has 22 heavy (non-hydrogen) atoms. The molecule has 2 heterocycles. The molecular formula is C14H23N5O3. The van der Waals surface area contributed by atoms with Crippen molar-refractivity contribution in [2.45, 2.75) is 52.6 Å². The molecule has 0 spiro atoms. The van der Waals surface area contributed by atoms with Crippen molar-refractivity contribution in [3.63, 3.8) is 0 Å². The van der Waals surface area contributed by atoms with Crippen LogP contribution in [0.4, 0.5) is 5.95 Å². The van der Waals surface area contributed by atoms with Crippen molar-refractivity contribution in [2.24, 2.45) is 0 Å². The molecule has 8 heteroatoms. The van der Waals surface area contributed by atoms with Crippen LogP contribution >= 0.6 is 0 Å². The molecule has 2 aromatic rings. The van der Waals surface area contributed by atoms with Gasteiger partial charge in [-0.2, -0.15) is 4.98 Å². The summed E-state index contributed by atoms with van der Waals surface area (Å²) in [6.45, 7) is 8.82. The molecule has 1 atom stereocenters. The molecule has 0 aliphatic rings. The van der Waals surface area contributed by atoms with Crippen LogP contribution in [0.15, 0.2) is 11.1 Å². The van der Waals surface area contributed by atoms with Crippen molar-refractivity contribution in [1.82, 2.24) is 19.5 Å². The van der Waals surface area contributed by atoms with E-state index >= 15 is 0 Å². The normalized spacial score (nSPS) is 13.4. The van der Waals surface area contributed by atoms with Crippen LogP contribution in [-0.2, 0) is 16.0 Å². The van der Waals surface area contributed by atoms with E-state index in [1.807, 2.05) is 27.7 Å². The quantitative estimate of drug-likeness (QED) is 0.787. The molecule has 1 unspecified atom stereocenters. The molecule has 0 radical (unpaired) electrons. The maximum Gasteiger partial charge on any atom is 0.280 e. The number of hydrogen-bond acceptors (Lipinski definition) is 6. The first-order chi connectivity index (χ1) is 10.4. The van der Waals surface area contributed by atoms with Gasteiger partial charge in [0.2, 0.25) is 5.95 Å². The number of hydrogen-bond donors (Lipinski definition) is 2. The van der Waals surface area contributed by atoms with Gasteiger partial charge in [0.25, 0.3) is 5.56 Å². The zero-order valence-electron chi connectivity index (χ0n) is 13.4. The SMILES string of the molecule is CC(C)OCC(Cn1cnc2c(=O)[nH]c(N)nc21)OC(C)C. The summed E-state index contributed by atoms with van der Waals surface area (Å²) in [7, 11) is 0. The van der Waals surface area contributed by atoms with Gasteiger partial charge in [0.05, 0.1) is 37.8 Å². The highest BCUT2D eigenvalue weighted by Crippen LogP contribution is 2.10. The zero-order chi connectivity index (χ0) is 16.3. The number of ether oxygens (including phenoxy) is 2. The second-order valence-corrected chi connectivity index (χ2v) is 5.71. The Balaban J connectivity index is 2.23. The molecule has 3 N–H and O–H groups in total. The maximum atomic E-state index is 11.8.